The van der Waals surface area contributed by atoms with Crippen LogP contribution >= 0.6 is 0 Å². The molecule has 0 aliphatic heterocycles. The Bertz CT molecular complexity index is 162. The maximum atomic E-state index is 10.4. The van der Waals surface area contributed by atoms with Crippen molar-refractivity contribution in [3.63, 3.8) is 0 Å². The second-order valence-electron chi connectivity index (χ2n) is 4.21. The van der Waals surface area contributed by atoms with Crippen LogP contribution in [0.25, 0.3) is 0 Å². The quantitative estimate of drug-likeness (QED) is 0.691. The van der Waals surface area contributed by atoms with Crippen LogP contribution in [-0.2, 0) is 0 Å². The first-order valence-electron chi connectivity index (χ1n) is 5.21. The molecule has 1 fully saturated rings. The zero-order valence-corrected chi connectivity index (χ0v) is 8.38. The molecule has 0 unspecified atom stereocenters. The first kappa shape index (κ1) is 10.4. The lowest BCUT2D eigenvalue weighted by Gasteiger charge is -2.25. The standard InChI is InChI=1S/C10H20N2O/c1-8-2-4-9(5-3-8)6-7-12-10(11)13/h8-9H,2-7H2,1H3,(H3,11,12,13). The van der Waals surface area contributed by atoms with Crippen LogP contribution in [-0.4, -0.2) is 12.6 Å². The second-order valence-corrected chi connectivity index (χ2v) is 4.21. The van der Waals surface area contributed by atoms with Crippen LogP contribution in [0.15, 0.2) is 0 Å². The minimum Gasteiger partial charge on any atom is -0.352 e. The summed E-state index contributed by atoms with van der Waals surface area (Å²) >= 11 is 0. The normalized spacial score (nSPS) is 28.4. The Morgan fingerprint density at radius 1 is 1.38 bits per heavy atom. The maximum absolute atomic E-state index is 10.4. The van der Waals surface area contributed by atoms with E-state index in [1.54, 1.807) is 0 Å². The zero-order valence-electron chi connectivity index (χ0n) is 8.38. The van der Waals surface area contributed by atoms with E-state index in [0.717, 1.165) is 24.8 Å². The fourth-order valence-electron chi connectivity index (χ4n) is 2.02. The van der Waals surface area contributed by atoms with E-state index in [0.29, 0.717) is 0 Å². The van der Waals surface area contributed by atoms with Crippen molar-refractivity contribution in [2.45, 2.75) is 39.0 Å². The third-order valence-electron chi connectivity index (χ3n) is 2.99. The fraction of sp³-hybridized carbons (Fsp3) is 0.900. The predicted molar refractivity (Wildman–Crippen MR) is 53.3 cm³/mol. The summed E-state index contributed by atoms with van der Waals surface area (Å²) in [5.74, 6) is 1.71. The van der Waals surface area contributed by atoms with Gasteiger partial charge >= 0.3 is 6.03 Å². The van der Waals surface area contributed by atoms with Gasteiger partial charge < -0.3 is 11.1 Å². The van der Waals surface area contributed by atoms with Gasteiger partial charge in [-0.2, -0.15) is 0 Å². The molecule has 2 amide bonds. The summed E-state index contributed by atoms with van der Waals surface area (Å²) in [6.45, 7) is 3.06. The van der Waals surface area contributed by atoms with E-state index < -0.39 is 6.03 Å². The Kier molecular flexibility index (Phi) is 4.06. The van der Waals surface area contributed by atoms with Crippen LogP contribution in [0.3, 0.4) is 0 Å². The Balaban J connectivity index is 2.05. The fourth-order valence-corrected chi connectivity index (χ4v) is 2.02. The van der Waals surface area contributed by atoms with Gasteiger partial charge in [0.2, 0.25) is 0 Å². The molecule has 0 heterocycles. The van der Waals surface area contributed by atoms with Crippen molar-refractivity contribution in [2.24, 2.45) is 17.6 Å². The maximum Gasteiger partial charge on any atom is 0.312 e. The third-order valence-corrected chi connectivity index (χ3v) is 2.99. The van der Waals surface area contributed by atoms with E-state index in [9.17, 15) is 4.79 Å². The van der Waals surface area contributed by atoms with Crippen LogP contribution in [0, 0.1) is 11.8 Å². The molecule has 0 aromatic carbocycles. The van der Waals surface area contributed by atoms with Crippen molar-refractivity contribution in [1.82, 2.24) is 5.32 Å². The SMILES string of the molecule is CC1CCC(CCNC(N)=O)CC1. The molecule has 0 atom stereocenters. The number of nitrogens with two attached hydrogens (primary N) is 1. The number of carbonyl (C=O) groups excluding carboxylic acids is 1. The minimum atomic E-state index is -0.399. The summed E-state index contributed by atoms with van der Waals surface area (Å²) in [6.07, 6.45) is 6.43. The van der Waals surface area contributed by atoms with Gasteiger partial charge in [0.05, 0.1) is 0 Å². The molecular formula is C10H20N2O. The summed E-state index contributed by atoms with van der Waals surface area (Å²) in [5.41, 5.74) is 4.98. The van der Waals surface area contributed by atoms with Crippen LogP contribution in [0.2, 0.25) is 0 Å². The number of carbonyl (C=O) groups is 1. The Morgan fingerprint density at radius 3 is 2.54 bits per heavy atom. The van der Waals surface area contributed by atoms with E-state index in [1.807, 2.05) is 0 Å². The van der Waals surface area contributed by atoms with Gasteiger partial charge in [0, 0.05) is 6.54 Å². The smallest absolute Gasteiger partial charge is 0.312 e. The number of rotatable bonds is 3. The van der Waals surface area contributed by atoms with Gasteiger partial charge in [-0.05, 0) is 18.3 Å². The van der Waals surface area contributed by atoms with Gasteiger partial charge in [-0.1, -0.05) is 32.6 Å². The van der Waals surface area contributed by atoms with E-state index in [2.05, 4.69) is 12.2 Å². The van der Waals surface area contributed by atoms with Crippen molar-refractivity contribution in [1.29, 1.82) is 0 Å². The second kappa shape index (κ2) is 5.10. The molecule has 1 rings (SSSR count). The number of nitrogens with one attached hydrogen (secondary N) is 1. The lowest BCUT2D eigenvalue weighted by molar-refractivity contribution is 0.244. The Hall–Kier alpha value is -0.730. The number of primary amides is 1. The molecule has 1 saturated carbocycles. The van der Waals surface area contributed by atoms with Crippen LogP contribution in [0.1, 0.15) is 39.0 Å². The van der Waals surface area contributed by atoms with E-state index in [-0.39, 0.29) is 0 Å². The average Bonchev–Trinajstić information content (AvgIpc) is 2.08. The number of hydrogen-bond acceptors (Lipinski definition) is 1. The summed E-state index contributed by atoms with van der Waals surface area (Å²) in [6, 6.07) is -0.399. The van der Waals surface area contributed by atoms with Crippen molar-refractivity contribution >= 4 is 6.03 Å². The average molecular weight is 184 g/mol. The molecule has 0 radical (unpaired) electrons. The molecule has 1 aliphatic carbocycles. The number of hydrogen-bond donors (Lipinski definition) is 2. The highest BCUT2D eigenvalue weighted by Crippen LogP contribution is 2.29. The van der Waals surface area contributed by atoms with Crippen LogP contribution in [0.4, 0.5) is 4.79 Å². The molecule has 0 saturated heterocycles. The van der Waals surface area contributed by atoms with Crippen LogP contribution < -0.4 is 11.1 Å². The highest BCUT2D eigenvalue weighted by atomic mass is 16.2. The molecule has 0 spiro atoms. The Morgan fingerprint density at radius 2 is 2.00 bits per heavy atom. The molecular weight excluding hydrogens is 164 g/mol. The monoisotopic (exact) mass is 184 g/mol. The number of urea groups is 1. The lowest BCUT2D eigenvalue weighted by Crippen LogP contribution is -2.31. The number of amides is 2. The molecule has 76 valence electrons. The van der Waals surface area contributed by atoms with Gasteiger partial charge in [0.15, 0.2) is 0 Å². The molecule has 1 aliphatic rings. The van der Waals surface area contributed by atoms with E-state index in [4.69, 9.17) is 5.73 Å². The van der Waals surface area contributed by atoms with E-state index in [1.165, 1.54) is 25.7 Å². The molecule has 3 N–H and O–H groups in total. The molecule has 3 nitrogen and oxygen atoms in total. The first-order valence-corrected chi connectivity index (χ1v) is 5.21. The molecule has 0 aromatic rings. The highest BCUT2D eigenvalue weighted by Gasteiger charge is 2.17. The summed E-state index contributed by atoms with van der Waals surface area (Å²) in [4.78, 5) is 10.4. The predicted octanol–water partition coefficient (Wildman–Crippen LogP) is 1.87. The van der Waals surface area contributed by atoms with Crippen molar-refractivity contribution in [3.05, 3.63) is 0 Å². The first-order chi connectivity index (χ1) is 6.18. The van der Waals surface area contributed by atoms with Crippen LogP contribution in [0.5, 0.6) is 0 Å². The van der Waals surface area contributed by atoms with Crippen molar-refractivity contribution in [3.8, 4) is 0 Å². The van der Waals surface area contributed by atoms with Crippen molar-refractivity contribution < 1.29 is 4.79 Å². The highest BCUT2D eigenvalue weighted by molar-refractivity contribution is 5.71. The van der Waals surface area contributed by atoms with Gasteiger partial charge in [-0.15, -0.1) is 0 Å². The Labute approximate surface area is 80.1 Å². The lowest BCUT2D eigenvalue weighted by atomic mass is 9.81. The third kappa shape index (κ3) is 4.15. The van der Waals surface area contributed by atoms with Gasteiger partial charge in [0.25, 0.3) is 0 Å². The summed E-state index contributed by atoms with van der Waals surface area (Å²) < 4.78 is 0. The molecule has 0 bridgehead atoms. The summed E-state index contributed by atoms with van der Waals surface area (Å²) in [5, 5.41) is 2.64. The molecule has 0 aromatic heterocycles. The minimum absolute atomic E-state index is 0.399. The largest absolute Gasteiger partial charge is 0.352 e. The van der Waals surface area contributed by atoms with E-state index >= 15 is 0 Å². The molecule has 13 heavy (non-hydrogen) atoms. The van der Waals surface area contributed by atoms with Crippen molar-refractivity contribution in [2.75, 3.05) is 6.54 Å². The van der Waals surface area contributed by atoms with Gasteiger partial charge in [-0.25, -0.2) is 4.79 Å². The zero-order chi connectivity index (χ0) is 9.68. The summed E-state index contributed by atoms with van der Waals surface area (Å²) in [7, 11) is 0. The van der Waals surface area contributed by atoms with Gasteiger partial charge in [0.1, 0.15) is 0 Å². The topological polar surface area (TPSA) is 55.1 Å². The van der Waals surface area contributed by atoms with Gasteiger partial charge in [-0.3, -0.25) is 0 Å². The molecule has 3 heteroatoms.